The van der Waals surface area contributed by atoms with Gasteiger partial charge in [-0.2, -0.15) is 0 Å². The number of rotatable bonds is 70. The SMILES string of the molecule is CC/C=C\C/C=C\C/C=C\C/C=C\C/C=C\CCCC(=O)OCC(COP(=O)(O)OCC(O)COP(=O)(O)OCC(COC(=O)CCCCCC/C=C\C/C=C\C/C=C\C/C=C\CC)OC(=O)CCCCCC/C=C\C/C=C\C/C=C\C/C=C\CC)OC(=O)C/C=C\C/C=C\C/C=C\C/C=C\C/C=C\CC. The Morgan fingerprint density at radius 1 is 0.274 bits per heavy atom. The van der Waals surface area contributed by atoms with Crippen LogP contribution in [0.25, 0.3) is 0 Å². The van der Waals surface area contributed by atoms with Gasteiger partial charge >= 0.3 is 39.5 Å². The van der Waals surface area contributed by atoms with Crippen molar-refractivity contribution in [3.05, 3.63) is 219 Å². The first-order valence-electron chi connectivity index (χ1n) is 39.0. The van der Waals surface area contributed by atoms with Gasteiger partial charge in [0.05, 0.1) is 32.8 Å². The smallest absolute Gasteiger partial charge is 0.462 e. The molecule has 0 radical (unpaired) electrons. The first-order valence-corrected chi connectivity index (χ1v) is 42.0. The lowest BCUT2D eigenvalue weighted by molar-refractivity contribution is -0.161. The van der Waals surface area contributed by atoms with Gasteiger partial charge in [-0.05, 0) is 167 Å². The Bertz CT molecular complexity index is 2880. The van der Waals surface area contributed by atoms with Crippen LogP contribution in [0.2, 0.25) is 0 Å². The summed E-state index contributed by atoms with van der Waals surface area (Å²) in [7, 11) is -10.0. The standard InChI is InChI=1S/C87H134O17P2/c1-5-9-13-17-21-25-29-33-37-40-44-47-51-55-59-63-67-71-84(89)97-77-82(103-86(91)73-69-65-61-57-53-49-43-36-32-28-24-20-16-12-8-4)79-101-105(93,94)99-75-81(88)76-100-106(95,96)102-80-83(104-87(92)74-70-66-62-58-54-50-46-42-39-35-31-27-23-19-15-11-7-3)78-98-85(90)72-68-64-60-56-52-48-45-41-38-34-30-26-22-18-14-10-6-2/h9-16,21-28,33-39,43-48,50,53,55,57,59,65,69,81-83,88H,5-8,17-20,29-32,40-42,49,51-52,54,56,58,60-64,66-68,70-80H2,1-4H3,(H,93,94)(H,95,96)/b13-9-,14-10-,15-11-,16-12-,25-21-,26-22-,27-23-,28-24-,37-33-,38-34-,39-35-,43-36-,47-44-,48-45-,50-46-,57-53-,59-55-,69-65-. The molecule has 0 amide bonds. The first kappa shape index (κ1) is 99.4. The van der Waals surface area contributed by atoms with E-state index in [9.17, 15) is 43.2 Å². The summed E-state index contributed by atoms with van der Waals surface area (Å²) in [4.78, 5) is 72.9. The molecule has 0 rings (SSSR count). The summed E-state index contributed by atoms with van der Waals surface area (Å²) in [5.74, 6) is -2.48. The molecule has 0 aliphatic rings. The van der Waals surface area contributed by atoms with Crippen LogP contribution in [0.15, 0.2) is 219 Å². The Morgan fingerprint density at radius 3 is 0.821 bits per heavy atom. The Hall–Kier alpha value is -6.62. The van der Waals surface area contributed by atoms with E-state index in [1.807, 2.05) is 24.3 Å². The highest BCUT2D eigenvalue weighted by Crippen LogP contribution is 2.45. The molecule has 0 heterocycles. The molecular formula is C87H134O17P2. The minimum absolute atomic E-state index is 0.0474. The van der Waals surface area contributed by atoms with Crippen molar-refractivity contribution in [1.29, 1.82) is 0 Å². The van der Waals surface area contributed by atoms with Crippen molar-refractivity contribution < 1.29 is 80.2 Å². The summed E-state index contributed by atoms with van der Waals surface area (Å²) in [6.45, 7) is 4.13. The molecule has 594 valence electrons. The molecular weight excluding hydrogens is 1380 g/mol. The van der Waals surface area contributed by atoms with Crippen molar-refractivity contribution in [3.63, 3.8) is 0 Å². The number of ether oxygens (including phenoxy) is 4. The summed E-state index contributed by atoms with van der Waals surface area (Å²) in [5.41, 5.74) is 0. The number of hydrogen-bond acceptors (Lipinski definition) is 15. The van der Waals surface area contributed by atoms with E-state index in [0.29, 0.717) is 32.1 Å². The fourth-order valence-corrected chi connectivity index (χ4v) is 10.8. The highest BCUT2D eigenvalue weighted by molar-refractivity contribution is 7.47. The number of hydrogen-bond donors (Lipinski definition) is 3. The van der Waals surface area contributed by atoms with Crippen LogP contribution >= 0.6 is 15.6 Å². The molecule has 0 saturated heterocycles. The van der Waals surface area contributed by atoms with E-state index < -0.39 is 97.5 Å². The second-order valence-electron chi connectivity index (χ2n) is 24.8. The zero-order valence-electron chi connectivity index (χ0n) is 64.8. The molecule has 5 unspecified atom stereocenters. The maximum Gasteiger partial charge on any atom is 0.472 e. The lowest BCUT2D eigenvalue weighted by Crippen LogP contribution is -2.30. The molecule has 0 bridgehead atoms. The number of phosphoric acid groups is 2. The maximum atomic E-state index is 13.1. The number of phosphoric ester groups is 2. The average Bonchev–Trinajstić information content (AvgIpc) is 0.901. The third-order valence-corrected chi connectivity index (χ3v) is 16.9. The molecule has 5 atom stereocenters. The molecule has 0 fully saturated rings. The second-order valence-corrected chi connectivity index (χ2v) is 27.7. The number of carbonyl (C=O) groups is 4. The highest BCUT2D eigenvalue weighted by atomic mass is 31.2. The molecule has 19 heteroatoms. The van der Waals surface area contributed by atoms with Crippen LogP contribution in [0, 0.1) is 0 Å². The average molecular weight is 1510 g/mol. The molecule has 106 heavy (non-hydrogen) atoms. The zero-order chi connectivity index (χ0) is 77.4. The Morgan fingerprint density at radius 2 is 0.509 bits per heavy atom. The molecule has 0 aromatic carbocycles. The Kier molecular flexibility index (Phi) is 71.8. The van der Waals surface area contributed by atoms with Gasteiger partial charge in [-0.3, -0.25) is 37.3 Å². The van der Waals surface area contributed by atoms with Gasteiger partial charge in [0, 0.05) is 19.3 Å². The fraction of sp³-hybridized carbons (Fsp3) is 0.540. The summed E-state index contributed by atoms with van der Waals surface area (Å²) in [6.07, 6.45) is 96.8. The highest BCUT2D eigenvalue weighted by Gasteiger charge is 2.30. The van der Waals surface area contributed by atoms with Gasteiger partial charge in [0.1, 0.15) is 19.3 Å². The predicted molar refractivity (Wildman–Crippen MR) is 435 cm³/mol. The Labute approximate surface area is 639 Å². The number of esters is 4. The van der Waals surface area contributed by atoms with Crippen molar-refractivity contribution in [2.24, 2.45) is 0 Å². The lowest BCUT2D eigenvalue weighted by Gasteiger charge is -2.21. The predicted octanol–water partition coefficient (Wildman–Crippen LogP) is 22.9. The largest absolute Gasteiger partial charge is 0.472 e. The van der Waals surface area contributed by atoms with E-state index in [2.05, 4.69) is 210 Å². The van der Waals surface area contributed by atoms with Crippen molar-refractivity contribution in [2.75, 3.05) is 39.6 Å². The topological polar surface area (TPSA) is 237 Å². The van der Waals surface area contributed by atoms with Gasteiger partial charge in [0.15, 0.2) is 12.2 Å². The fourth-order valence-electron chi connectivity index (χ4n) is 9.19. The monoisotopic (exact) mass is 1510 g/mol. The number of allylic oxidation sites excluding steroid dienone is 35. The second kappa shape index (κ2) is 76.6. The quantitative estimate of drug-likeness (QED) is 0.0169. The van der Waals surface area contributed by atoms with E-state index in [0.717, 1.165) is 161 Å². The minimum Gasteiger partial charge on any atom is -0.462 e. The van der Waals surface area contributed by atoms with Crippen LogP contribution in [-0.4, -0.2) is 96.7 Å². The number of unbranched alkanes of at least 4 members (excludes halogenated alkanes) is 9. The molecule has 0 aromatic heterocycles. The van der Waals surface area contributed by atoms with E-state index in [1.165, 1.54) is 0 Å². The van der Waals surface area contributed by atoms with Gasteiger partial charge in [0.2, 0.25) is 0 Å². The lowest BCUT2D eigenvalue weighted by atomic mass is 10.1. The zero-order valence-corrected chi connectivity index (χ0v) is 66.5. The molecule has 0 aliphatic carbocycles. The molecule has 3 N–H and O–H groups in total. The summed E-state index contributed by atoms with van der Waals surface area (Å²) in [6, 6.07) is 0. The molecule has 0 aliphatic heterocycles. The number of aliphatic hydroxyl groups excluding tert-OH is 1. The normalized spacial score (nSPS) is 15.0. The van der Waals surface area contributed by atoms with Crippen molar-refractivity contribution in [2.45, 2.75) is 264 Å². The van der Waals surface area contributed by atoms with E-state index in [1.54, 1.807) is 12.2 Å². The van der Waals surface area contributed by atoms with Crippen LogP contribution < -0.4 is 0 Å². The van der Waals surface area contributed by atoms with Crippen LogP contribution in [0.4, 0.5) is 0 Å². The van der Waals surface area contributed by atoms with Gasteiger partial charge in [-0.15, -0.1) is 0 Å². The van der Waals surface area contributed by atoms with E-state index in [4.69, 9.17) is 37.0 Å². The van der Waals surface area contributed by atoms with Crippen molar-refractivity contribution in [1.82, 2.24) is 0 Å². The maximum absolute atomic E-state index is 13.1. The molecule has 0 saturated carbocycles. The van der Waals surface area contributed by atoms with E-state index >= 15 is 0 Å². The van der Waals surface area contributed by atoms with Crippen LogP contribution in [0.1, 0.15) is 246 Å². The van der Waals surface area contributed by atoms with Crippen molar-refractivity contribution >= 4 is 39.5 Å². The van der Waals surface area contributed by atoms with Gasteiger partial charge in [-0.1, -0.05) is 272 Å². The molecule has 0 spiro atoms. The first-order chi connectivity index (χ1) is 51.7. The number of aliphatic hydroxyl groups is 1. The van der Waals surface area contributed by atoms with Crippen LogP contribution in [0.5, 0.6) is 0 Å². The molecule has 17 nitrogen and oxygen atoms in total. The van der Waals surface area contributed by atoms with Crippen molar-refractivity contribution in [3.8, 4) is 0 Å². The van der Waals surface area contributed by atoms with Gasteiger partial charge in [0.25, 0.3) is 0 Å². The summed E-state index contributed by atoms with van der Waals surface area (Å²) in [5, 5.41) is 10.6. The van der Waals surface area contributed by atoms with Gasteiger partial charge in [-0.25, -0.2) is 9.13 Å². The third-order valence-electron chi connectivity index (χ3n) is 15.0. The summed E-state index contributed by atoms with van der Waals surface area (Å²) >= 11 is 0. The van der Waals surface area contributed by atoms with Crippen LogP contribution in [0.3, 0.4) is 0 Å². The van der Waals surface area contributed by atoms with Gasteiger partial charge < -0.3 is 33.8 Å². The minimum atomic E-state index is -5.03. The van der Waals surface area contributed by atoms with Crippen LogP contribution in [-0.2, 0) is 65.4 Å². The third kappa shape index (κ3) is 75.6. The van der Waals surface area contributed by atoms with E-state index in [-0.39, 0.29) is 25.7 Å². The molecule has 0 aromatic rings. The summed E-state index contributed by atoms with van der Waals surface area (Å²) < 4.78 is 68.3. The number of carbonyl (C=O) groups excluding carboxylic acids is 4. The Balaban J connectivity index is 5.56.